The van der Waals surface area contributed by atoms with E-state index in [0.717, 1.165) is 30.1 Å². The van der Waals surface area contributed by atoms with Gasteiger partial charge < -0.3 is 10.5 Å². The molecule has 72 valence electrons. The van der Waals surface area contributed by atoms with Crippen LogP contribution in [0.5, 0.6) is 5.75 Å². The molecule has 0 aliphatic rings. The molecule has 0 atom stereocenters. The van der Waals surface area contributed by atoms with E-state index in [9.17, 15) is 0 Å². The number of hydrogen-bond acceptors (Lipinski definition) is 3. The lowest BCUT2D eigenvalue weighted by Crippen LogP contribution is -2.00. The van der Waals surface area contributed by atoms with Gasteiger partial charge in [-0.25, -0.2) is 0 Å². The third kappa shape index (κ3) is 2.84. The summed E-state index contributed by atoms with van der Waals surface area (Å²) in [5.41, 5.74) is 6.39. The summed E-state index contributed by atoms with van der Waals surface area (Å²) < 4.78 is 5.48. The van der Waals surface area contributed by atoms with Gasteiger partial charge in [-0.2, -0.15) is 0 Å². The summed E-state index contributed by atoms with van der Waals surface area (Å²) in [5, 5.41) is 0. The van der Waals surface area contributed by atoms with E-state index in [-0.39, 0.29) is 0 Å². The Kier molecular flexibility index (Phi) is 3.96. The molecule has 0 spiro atoms. The van der Waals surface area contributed by atoms with E-state index in [4.69, 9.17) is 10.5 Å². The molecule has 0 heterocycles. The summed E-state index contributed by atoms with van der Waals surface area (Å²) in [7, 11) is 0. The summed E-state index contributed by atoms with van der Waals surface area (Å²) in [5.74, 6) is 0.737. The van der Waals surface area contributed by atoms with Gasteiger partial charge in [-0.05, 0) is 18.6 Å². The summed E-state index contributed by atoms with van der Waals surface area (Å²) in [6.07, 6.45) is 2.18. The van der Waals surface area contributed by atoms with Crippen LogP contribution in [-0.4, -0.2) is 6.61 Å². The van der Waals surface area contributed by atoms with E-state index < -0.39 is 0 Å². The summed E-state index contributed by atoms with van der Waals surface area (Å²) >= 11 is 4.21. The molecule has 2 N–H and O–H groups in total. The van der Waals surface area contributed by atoms with Gasteiger partial charge in [-0.3, -0.25) is 0 Å². The number of hydrogen-bond donors (Lipinski definition) is 2. The van der Waals surface area contributed by atoms with Gasteiger partial charge in [0.1, 0.15) is 5.75 Å². The van der Waals surface area contributed by atoms with Crippen LogP contribution in [0.25, 0.3) is 0 Å². The van der Waals surface area contributed by atoms with E-state index in [1.54, 1.807) is 0 Å². The minimum atomic E-state index is 0.627. The first kappa shape index (κ1) is 10.3. The van der Waals surface area contributed by atoms with Crippen molar-refractivity contribution >= 4 is 18.3 Å². The summed E-state index contributed by atoms with van der Waals surface area (Å²) in [6.45, 7) is 2.85. The van der Waals surface area contributed by atoms with Crippen molar-refractivity contribution < 1.29 is 4.74 Å². The third-order valence-corrected chi connectivity index (χ3v) is 2.19. The fourth-order valence-electron chi connectivity index (χ4n) is 0.985. The molecular formula is C10H15NOS. The van der Waals surface area contributed by atoms with E-state index in [0.29, 0.717) is 5.69 Å². The highest BCUT2D eigenvalue weighted by molar-refractivity contribution is 7.80. The van der Waals surface area contributed by atoms with E-state index >= 15 is 0 Å². The van der Waals surface area contributed by atoms with Crippen molar-refractivity contribution in [1.82, 2.24) is 0 Å². The standard InChI is InChI=1S/C10H15NOS/c1-2-3-7-12-8-5-4-6-9(13)10(8)11/h4-6,13H,2-3,7,11H2,1H3. The smallest absolute Gasteiger partial charge is 0.143 e. The highest BCUT2D eigenvalue weighted by atomic mass is 32.1. The van der Waals surface area contributed by atoms with E-state index in [1.807, 2.05) is 18.2 Å². The monoisotopic (exact) mass is 197 g/mol. The number of nitrogens with two attached hydrogens (primary N) is 1. The molecule has 0 fully saturated rings. The predicted molar refractivity (Wildman–Crippen MR) is 58.5 cm³/mol. The number of unbranched alkanes of at least 4 members (excludes halogenated alkanes) is 1. The molecule has 13 heavy (non-hydrogen) atoms. The van der Waals surface area contributed by atoms with Gasteiger partial charge in [0.2, 0.25) is 0 Å². The summed E-state index contributed by atoms with van der Waals surface area (Å²) in [6, 6.07) is 5.61. The molecule has 0 saturated carbocycles. The fourth-order valence-corrected chi connectivity index (χ4v) is 1.18. The molecule has 2 nitrogen and oxygen atoms in total. The Morgan fingerprint density at radius 2 is 2.23 bits per heavy atom. The molecule has 0 aliphatic carbocycles. The molecule has 1 aromatic carbocycles. The van der Waals surface area contributed by atoms with Crippen LogP contribution in [0, 0.1) is 0 Å². The van der Waals surface area contributed by atoms with Crippen molar-refractivity contribution in [2.75, 3.05) is 12.3 Å². The zero-order valence-corrected chi connectivity index (χ0v) is 8.68. The van der Waals surface area contributed by atoms with Gasteiger partial charge >= 0.3 is 0 Å². The van der Waals surface area contributed by atoms with Crippen LogP contribution < -0.4 is 10.5 Å². The Morgan fingerprint density at radius 1 is 1.46 bits per heavy atom. The Labute approximate surface area is 84.5 Å². The lowest BCUT2D eigenvalue weighted by atomic mass is 10.3. The first-order chi connectivity index (χ1) is 6.25. The molecule has 1 aromatic rings. The number of ether oxygens (including phenoxy) is 1. The van der Waals surface area contributed by atoms with Crippen molar-refractivity contribution in [3.63, 3.8) is 0 Å². The lowest BCUT2D eigenvalue weighted by Gasteiger charge is -2.09. The third-order valence-electron chi connectivity index (χ3n) is 1.80. The normalized spacial score (nSPS) is 10.0. The van der Waals surface area contributed by atoms with Gasteiger partial charge in [0.05, 0.1) is 12.3 Å². The zero-order chi connectivity index (χ0) is 9.68. The van der Waals surface area contributed by atoms with Crippen LogP contribution in [-0.2, 0) is 0 Å². The quantitative estimate of drug-likeness (QED) is 0.442. The minimum absolute atomic E-state index is 0.627. The van der Waals surface area contributed by atoms with Gasteiger partial charge in [-0.1, -0.05) is 19.4 Å². The molecule has 0 aromatic heterocycles. The number of benzene rings is 1. The predicted octanol–water partition coefficient (Wildman–Crippen LogP) is 2.74. The van der Waals surface area contributed by atoms with Crippen LogP contribution in [0.15, 0.2) is 23.1 Å². The van der Waals surface area contributed by atoms with Crippen LogP contribution in [0.3, 0.4) is 0 Å². The van der Waals surface area contributed by atoms with Crippen LogP contribution in [0.2, 0.25) is 0 Å². The molecule has 3 heteroatoms. The van der Waals surface area contributed by atoms with Gasteiger partial charge in [0, 0.05) is 4.90 Å². The second-order valence-corrected chi connectivity index (χ2v) is 3.37. The number of rotatable bonds is 4. The lowest BCUT2D eigenvalue weighted by molar-refractivity contribution is 0.310. The molecule has 0 unspecified atom stereocenters. The van der Waals surface area contributed by atoms with Crippen LogP contribution >= 0.6 is 12.6 Å². The average molecular weight is 197 g/mol. The van der Waals surface area contributed by atoms with E-state index in [1.165, 1.54) is 0 Å². The molecule has 0 bridgehead atoms. The van der Waals surface area contributed by atoms with Gasteiger partial charge in [0.15, 0.2) is 0 Å². The van der Waals surface area contributed by atoms with Crippen molar-refractivity contribution in [2.24, 2.45) is 0 Å². The Hall–Kier alpha value is -0.830. The van der Waals surface area contributed by atoms with Crippen LogP contribution in [0.4, 0.5) is 5.69 Å². The Bertz CT molecular complexity index is 276. The maximum absolute atomic E-state index is 5.76. The topological polar surface area (TPSA) is 35.2 Å². The second-order valence-electron chi connectivity index (χ2n) is 2.89. The Morgan fingerprint density at radius 3 is 2.92 bits per heavy atom. The minimum Gasteiger partial charge on any atom is -0.491 e. The molecule has 0 saturated heterocycles. The number of para-hydroxylation sites is 1. The maximum Gasteiger partial charge on any atom is 0.143 e. The van der Waals surface area contributed by atoms with E-state index in [2.05, 4.69) is 19.6 Å². The first-order valence-electron chi connectivity index (χ1n) is 4.46. The molecule has 1 rings (SSSR count). The second kappa shape index (κ2) is 5.02. The fraction of sp³-hybridized carbons (Fsp3) is 0.400. The highest BCUT2D eigenvalue weighted by Gasteiger charge is 2.01. The average Bonchev–Trinajstić information content (AvgIpc) is 2.13. The largest absolute Gasteiger partial charge is 0.491 e. The van der Waals surface area contributed by atoms with Crippen molar-refractivity contribution in [2.45, 2.75) is 24.7 Å². The van der Waals surface area contributed by atoms with Crippen molar-refractivity contribution in [3.8, 4) is 5.75 Å². The zero-order valence-electron chi connectivity index (χ0n) is 7.79. The van der Waals surface area contributed by atoms with Gasteiger partial charge in [-0.15, -0.1) is 12.6 Å². The van der Waals surface area contributed by atoms with Crippen molar-refractivity contribution in [1.29, 1.82) is 0 Å². The molecule has 0 radical (unpaired) electrons. The van der Waals surface area contributed by atoms with Gasteiger partial charge in [0.25, 0.3) is 0 Å². The Balaban J connectivity index is 2.61. The first-order valence-corrected chi connectivity index (χ1v) is 4.90. The number of nitrogen functional groups attached to an aromatic ring is 1. The summed E-state index contributed by atoms with van der Waals surface area (Å²) in [4.78, 5) is 0.772. The molecule has 0 amide bonds. The highest BCUT2D eigenvalue weighted by Crippen LogP contribution is 2.27. The van der Waals surface area contributed by atoms with Crippen LogP contribution in [0.1, 0.15) is 19.8 Å². The number of thiol groups is 1. The van der Waals surface area contributed by atoms with Crippen molar-refractivity contribution in [3.05, 3.63) is 18.2 Å². The maximum atomic E-state index is 5.76. The number of anilines is 1. The molecule has 0 aliphatic heterocycles. The molecular weight excluding hydrogens is 182 g/mol. The SMILES string of the molecule is CCCCOc1cccc(S)c1N.